The first-order valence-electron chi connectivity index (χ1n) is 4.60. The van der Waals surface area contributed by atoms with Crippen molar-refractivity contribution in [3.8, 4) is 5.75 Å². The summed E-state index contributed by atoms with van der Waals surface area (Å²) >= 11 is 0. The van der Waals surface area contributed by atoms with Gasteiger partial charge in [-0.2, -0.15) is 13.2 Å². The third-order valence-electron chi connectivity index (χ3n) is 2.20. The number of anilines is 1. The summed E-state index contributed by atoms with van der Waals surface area (Å²) in [6.45, 7) is -0.266. The number of alkyl halides is 3. The molecule has 0 aliphatic carbocycles. The molecule has 0 bridgehead atoms. The number of sulfone groups is 1. The molecule has 1 aromatic carbocycles. The highest BCUT2D eigenvalue weighted by Gasteiger charge is 2.47. The Morgan fingerprint density at radius 1 is 1.28 bits per heavy atom. The fourth-order valence-electron chi connectivity index (χ4n) is 1.36. The van der Waals surface area contributed by atoms with Gasteiger partial charge >= 0.3 is 5.51 Å². The molecule has 18 heavy (non-hydrogen) atoms. The molecule has 5 nitrogen and oxygen atoms in total. The van der Waals surface area contributed by atoms with E-state index in [-0.39, 0.29) is 18.0 Å². The minimum absolute atomic E-state index is 0.100. The molecule has 0 radical (unpaired) electrons. The monoisotopic (exact) mass is 281 g/mol. The fraction of sp³-hybridized carbons (Fsp3) is 0.222. The van der Waals surface area contributed by atoms with Crippen molar-refractivity contribution in [3.63, 3.8) is 0 Å². The van der Waals surface area contributed by atoms with Crippen LogP contribution in [0.3, 0.4) is 0 Å². The molecule has 1 aromatic rings. The van der Waals surface area contributed by atoms with Gasteiger partial charge in [0.05, 0.1) is 10.6 Å². The summed E-state index contributed by atoms with van der Waals surface area (Å²) in [4.78, 5) is 10.0. The first-order chi connectivity index (χ1) is 8.22. The minimum atomic E-state index is -5.43. The molecule has 0 saturated heterocycles. The number of benzene rings is 1. The summed E-state index contributed by atoms with van der Waals surface area (Å²) in [6, 6.07) is 2.56. The van der Waals surface area contributed by atoms with E-state index in [4.69, 9.17) is 4.74 Å². The van der Waals surface area contributed by atoms with Crippen molar-refractivity contribution in [1.82, 2.24) is 0 Å². The van der Waals surface area contributed by atoms with E-state index in [0.717, 1.165) is 18.2 Å². The second-order valence-electron chi connectivity index (χ2n) is 3.44. The molecular formula is C9H6F3NO4S. The van der Waals surface area contributed by atoms with Crippen molar-refractivity contribution in [3.05, 3.63) is 18.2 Å². The predicted molar refractivity (Wildman–Crippen MR) is 53.8 cm³/mol. The summed E-state index contributed by atoms with van der Waals surface area (Å²) < 4.78 is 64.1. The van der Waals surface area contributed by atoms with Crippen LogP contribution in [0, 0.1) is 0 Å². The fourth-order valence-corrected chi connectivity index (χ4v) is 2.15. The van der Waals surface area contributed by atoms with Gasteiger partial charge in [-0.25, -0.2) is 8.42 Å². The van der Waals surface area contributed by atoms with E-state index in [0.29, 0.717) is 0 Å². The number of rotatable bonds is 1. The molecule has 1 N–H and O–H groups in total. The van der Waals surface area contributed by atoms with E-state index in [9.17, 15) is 26.4 Å². The van der Waals surface area contributed by atoms with Gasteiger partial charge in [0.25, 0.3) is 15.7 Å². The van der Waals surface area contributed by atoms with Crippen LogP contribution in [0.15, 0.2) is 23.1 Å². The first kappa shape index (κ1) is 12.7. The van der Waals surface area contributed by atoms with Crippen LogP contribution in [0.2, 0.25) is 0 Å². The molecule has 0 fully saturated rings. The maximum atomic E-state index is 12.3. The van der Waals surface area contributed by atoms with Crippen molar-refractivity contribution < 1.29 is 31.1 Å². The number of ether oxygens (including phenoxy) is 1. The maximum absolute atomic E-state index is 12.3. The standard InChI is InChI=1S/C9H6F3NO4S/c10-9(11,12)18(15,16)5-1-2-7-6(3-5)13-8(14)4-17-7/h1-3H,4H2,(H,13,14). The smallest absolute Gasteiger partial charge is 0.482 e. The average Bonchev–Trinajstić information content (AvgIpc) is 2.26. The van der Waals surface area contributed by atoms with Crippen LogP contribution in [0.5, 0.6) is 5.75 Å². The second-order valence-corrected chi connectivity index (χ2v) is 5.39. The minimum Gasteiger partial charge on any atom is -0.482 e. The molecule has 0 saturated carbocycles. The van der Waals surface area contributed by atoms with Crippen LogP contribution in [-0.2, 0) is 14.6 Å². The largest absolute Gasteiger partial charge is 0.501 e. The molecule has 0 atom stereocenters. The van der Waals surface area contributed by atoms with Crippen LogP contribution in [0.4, 0.5) is 18.9 Å². The number of carbonyl (C=O) groups is 1. The van der Waals surface area contributed by atoms with E-state index in [1.165, 1.54) is 0 Å². The number of carbonyl (C=O) groups excluding carboxylic acids is 1. The number of nitrogens with one attached hydrogen (secondary N) is 1. The van der Waals surface area contributed by atoms with Crippen molar-refractivity contribution in [1.29, 1.82) is 0 Å². The zero-order valence-corrected chi connectivity index (χ0v) is 9.43. The lowest BCUT2D eigenvalue weighted by Gasteiger charge is -2.18. The Hall–Kier alpha value is -1.77. The number of halogens is 3. The van der Waals surface area contributed by atoms with Gasteiger partial charge in [0.2, 0.25) is 0 Å². The molecular weight excluding hydrogens is 275 g/mol. The lowest BCUT2D eigenvalue weighted by atomic mass is 10.2. The maximum Gasteiger partial charge on any atom is 0.501 e. The molecule has 1 amide bonds. The van der Waals surface area contributed by atoms with Crippen LogP contribution in [0.1, 0.15) is 0 Å². The van der Waals surface area contributed by atoms with Crippen LogP contribution >= 0.6 is 0 Å². The summed E-state index contributed by atoms with van der Waals surface area (Å²) in [6.07, 6.45) is 0. The molecule has 9 heteroatoms. The topological polar surface area (TPSA) is 72.5 Å². The van der Waals surface area contributed by atoms with E-state index in [2.05, 4.69) is 5.32 Å². The van der Waals surface area contributed by atoms with Crippen molar-refractivity contribution in [2.45, 2.75) is 10.4 Å². The molecule has 1 heterocycles. The molecule has 0 unspecified atom stereocenters. The summed E-state index contributed by atoms with van der Waals surface area (Å²) in [5.41, 5.74) is -5.49. The van der Waals surface area contributed by atoms with Gasteiger partial charge in [0.15, 0.2) is 6.61 Å². The van der Waals surface area contributed by atoms with Gasteiger partial charge in [0, 0.05) is 0 Å². The Bertz CT molecular complexity index is 609. The predicted octanol–water partition coefficient (Wildman–Crippen LogP) is 1.31. The summed E-state index contributed by atoms with van der Waals surface area (Å²) in [7, 11) is -5.43. The van der Waals surface area contributed by atoms with Crippen LogP contribution < -0.4 is 10.1 Å². The molecule has 2 rings (SSSR count). The average molecular weight is 281 g/mol. The van der Waals surface area contributed by atoms with Gasteiger partial charge in [-0.3, -0.25) is 4.79 Å². The Balaban J connectivity index is 2.50. The van der Waals surface area contributed by atoms with E-state index in [1.54, 1.807) is 0 Å². The van der Waals surface area contributed by atoms with E-state index in [1.807, 2.05) is 0 Å². The van der Waals surface area contributed by atoms with E-state index >= 15 is 0 Å². The zero-order valence-electron chi connectivity index (χ0n) is 8.61. The molecule has 1 aliphatic heterocycles. The Labute approximate surface area is 99.5 Å². The van der Waals surface area contributed by atoms with Crippen LogP contribution in [0.25, 0.3) is 0 Å². The normalized spacial score (nSPS) is 15.6. The zero-order chi connectivity index (χ0) is 13.6. The summed E-state index contributed by atoms with van der Waals surface area (Å²) in [5.74, 6) is -0.445. The highest BCUT2D eigenvalue weighted by Crippen LogP contribution is 2.35. The lowest BCUT2D eigenvalue weighted by molar-refractivity contribution is -0.118. The Kier molecular flexibility index (Phi) is 2.73. The molecule has 0 spiro atoms. The van der Waals surface area contributed by atoms with Crippen LogP contribution in [-0.4, -0.2) is 26.4 Å². The van der Waals surface area contributed by atoms with Gasteiger partial charge in [-0.1, -0.05) is 0 Å². The number of fused-ring (bicyclic) bond motifs is 1. The molecule has 98 valence electrons. The molecule has 0 aromatic heterocycles. The van der Waals surface area contributed by atoms with E-state index < -0.39 is 26.1 Å². The third kappa shape index (κ3) is 2.01. The van der Waals surface area contributed by atoms with Gasteiger partial charge < -0.3 is 10.1 Å². The van der Waals surface area contributed by atoms with Gasteiger partial charge in [-0.15, -0.1) is 0 Å². The highest BCUT2D eigenvalue weighted by atomic mass is 32.2. The summed E-state index contributed by atoms with van der Waals surface area (Å²) in [5, 5.41) is 2.23. The molecule has 1 aliphatic rings. The van der Waals surface area contributed by atoms with Crippen molar-refractivity contribution in [2.24, 2.45) is 0 Å². The van der Waals surface area contributed by atoms with Gasteiger partial charge in [0.1, 0.15) is 5.75 Å². The third-order valence-corrected chi connectivity index (χ3v) is 3.68. The number of amides is 1. The Morgan fingerprint density at radius 2 is 1.94 bits per heavy atom. The first-order valence-corrected chi connectivity index (χ1v) is 6.08. The number of hydrogen-bond donors (Lipinski definition) is 1. The quantitative estimate of drug-likeness (QED) is 0.842. The van der Waals surface area contributed by atoms with Crippen molar-refractivity contribution >= 4 is 21.4 Å². The SMILES string of the molecule is O=C1COc2ccc(S(=O)(=O)C(F)(F)F)cc2N1. The lowest BCUT2D eigenvalue weighted by Crippen LogP contribution is -2.27. The van der Waals surface area contributed by atoms with Gasteiger partial charge in [-0.05, 0) is 18.2 Å². The Morgan fingerprint density at radius 3 is 2.56 bits per heavy atom. The van der Waals surface area contributed by atoms with Crippen molar-refractivity contribution in [2.75, 3.05) is 11.9 Å². The number of hydrogen-bond acceptors (Lipinski definition) is 4. The second kappa shape index (κ2) is 3.87. The highest BCUT2D eigenvalue weighted by molar-refractivity contribution is 7.92.